The SMILES string of the molecule is CN=C(NCCNS(=O)(=O)c1cccnc1)NCc1ccc(F)cc1.I. The van der Waals surface area contributed by atoms with Crippen LogP contribution in [0.3, 0.4) is 0 Å². The van der Waals surface area contributed by atoms with E-state index >= 15 is 0 Å². The number of hydrogen-bond acceptors (Lipinski definition) is 4. The van der Waals surface area contributed by atoms with Gasteiger partial charge < -0.3 is 10.6 Å². The Balaban J connectivity index is 0.00000338. The van der Waals surface area contributed by atoms with Crippen molar-refractivity contribution >= 4 is 40.0 Å². The Morgan fingerprint density at radius 2 is 1.88 bits per heavy atom. The van der Waals surface area contributed by atoms with Gasteiger partial charge in [-0.05, 0) is 29.8 Å². The summed E-state index contributed by atoms with van der Waals surface area (Å²) in [7, 11) is -1.96. The third kappa shape index (κ3) is 7.22. The average molecular weight is 493 g/mol. The molecule has 10 heteroatoms. The molecule has 0 bridgehead atoms. The Kier molecular flexibility index (Phi) is 9.44. The molecule has 7 nitrogen and oxygen atoms in total. The van der Waals surface area contributed by atoms with Crippen molar-refractivity contribution in [3.05, 3.63) is 60.2 Å². The Morgan fingerprint density at radius 3 is 2.50 bits per heavy atom. The smallest absolute Gasteiger partial charge is 0.242 e. The maximum atomic E-state index is 12.9. The Hall–Kier alpha value is -1.79. The van der Waals surface area contributed by atoms with Crippen LogP contribution >= 0.6 is 24.0 Å². The number of guanidine groups is 1. The zero-order chi connectivity index (χ0) is 18.1. The first-order valence-electron chi connectivity index (χ1n) is 7.60. The van der Waals surface area contributed by atoms with Gasteiger partial charge >= 0.3 is 0 Å². The highest BCUT2D eigenvalue weighted by Gasteiger charge is 2.12. The van der Waals surface area contributed by atoms with Crippen molar-refractivity contribution in [1.82, 2.24) is 20.3 Å². The van der Waals surface area contributed by atoms with Crippen molar-refractivity contribution in [3.63, 3.8) is 0 Å². The molecule has 0 aliphatic heterocycles. The van der Waals surface area contributed by atoms with Crippen molar-refractivity contribution in [2.45, 2.75) is 11.4 Å². The van der Waals surface area contributed by atoms with Gasteiger partial charge in [-0.25, -0.2) is 17.5 Å². The summed E-state index contributed by atoms with van der Waals surface area (Å²) < 4.78 is 39.4. The third-order valence-corrected chi connectivity index (χ3v) is 4.70. The molecule has 0 fully saturated rings. The van der Waals surface area contributed by atoms with Crippen molar-refractivity contribution in [1.29, 1.82) is 0 Å². The lowest BCUT2D eigenvalue weighted by atomic mass is 10.2. The van der Waals surface area contributed by atoms with E-state index in [0.29, 0.717) is 19.0 Å². The normalized spacial score (nSPS) is 11.5. The molecule has 0 saturated heterocycles. The van der Waals surface area contributed by atoms with Crippen molar-refractivity contribution < 1.29 is 12.8 Å². The highest BCUT2D eigenvalue weighted by molar-refractivity contribution is 14.0. The maximum absolute atomic E-state index is 12.9. The molecule has 0 aliphatic carbocycles. The van der Waals surface area contributed by atoms with Crippen LogP contribution in [0, 0.1) is 5.82 Å². The Bertz CT molecular complexity index is 801. The number of nitrogens with one attached hydrogen (secondary N) is 3. The highest BCUT2D eigenvalue weighted by Crippen LogP contribution is 2.04. The van der Waals surface area contributed by atoms with Crippen LogP contribution in [-0.2, 0) is 16.6 Å². The van der Waals surface area contributed by atoms with Crippen LogP contribution in [0.25, 0.3) is 0 Å². The van der Waals surface area contributed by atoms with E-state index in [-0.39, 0.29) is 41.2 Å². The van der Waals surface area contributed by atoms with Crippen molar-refractivity contribution in [3.8, 4) is 0 Å². The minimum absolute atomic E-state index is 0. The molecule has 2 aromatic rings. The highest BCUT2D eigenvalue weighted by atomic mass is 127. The molecule has 3 N–H and O–H groups in total. The van der Waals surface area contributed by atoms with Gasteiger partial charge in [-0.2, -0.15) is 0 Å². The molecule has 26 heavy (non-hydrogen) atoms. The van der Waals surface area contributed by atoms with Crippen LogP contribution in [-0.4, -0.2) is 39.5 Å². The number of hydrogen-bond donors (Lipinski definition) is 3. The zero-order valence-electron chi connectivity index (χ0n) is 14.1. The first-order valence-corrected chi connectivity index (χ1v) is 9.08. The van der Waals surface area contributed by atoms with Gasteiger partial charge in [0.25, 0.3) is 0 Å². The largest absolute Gasteiger partial charge is 0.355 e. The van der Waals surface area contributed by atoms with Gasteiger partial charge in [0, 0.05) is 39.1 Å². The van der Waals surface area contributed by atoms with E-state index < -0.39 is 10.0 Å². The van der Waals surface area contributed by atoms with Crippen molar-refractivity contribution in [2.24, 2.45) is 4.99 Å². The van der Waals surface area contributed by atoms with Gasteiger partial charge in [0.15, 0.2) is 5.96 Å². The summed E-state index contributed by atoms with van der Waals surface area (Å²) in [5, 5.41) is 6.06. The quantitative estimate of drug-likeness (QED) is 0.235. The minimum atomic E-state index is -3.57. The summed E-state index contributed by atoms with van der Waals surface area (Å²) in [5.41, 5.74) is 0.904. The number of sulfonamides is 1. The number of aliphatic imine (C=N–C) groups is 1. The summed E-state index contributed by atoms with van der Waals surface area (Å²) in [6, 6.07) is 9.18. The monoisotopic (exact) mass is 493 g/mol. The number of nitrogens with zero attached hydrogens (tertiary/aromatic N) is 2. The van der Waals surface area contributed by atoms with Crippen LogP contribution in [0.15, 0.2) is 58.7 Å². The van der Waals surface area contributed by atoms with Crippen LogP contribution in [0.2, 0.25) is 0 Å². The zero-order valence-corrected chi connectivity index (χ0v) is 17.3. The fraction of sp³-hybridized carbons (Fsp3) is 0.250. The molecule has 0 atom stereocenters. The fourth-order valence-corrected chi connectivity index (χ4v) is 2.96. The molecule has 0 aliphatic rings. The lowest BCUT2D eigenvalue weighted by molar-refractivity contribution is 0.580. The van der Waals surface area contributed by atoms with E-state index in [1.165, 1.54) is 30.6 Å². The van der Waals surface area contributed by atoms with Crippen molar-refractivity contribution in [2.75, 3.05) is 20.1 Å². The van der Waals surface area contributed by atoms with E-state index in [4.69, 9.17) is 0 Å². The molecule has 0 spiro atoms. The van der Waals surface area contributed by atoms with Crippen LogP contribution < -0.4 is 15.4 Å². The van der Waals surface area contributed by atoms with E-state index in [1.807, 2.05) is 0 Å². The third-order valence-electron chi connectivity index (χ3n) is 3.25. The minimum Gasteiger partial charge on any atom is -0.355 e. The fourth-order valence-electron chi connectivity index (χ4n) is 1.96. The van der Waals surface area contributed by atoms with Crippen LogP contribution in [0.4, 0.5) is 4.39 Å². The molecular weight excluding hydrogens is 472 g/mol. The van der Waals surface area contributed by atoms with Crippen LogP contribution in [0.5, 0.6) is 0 Å². The van der Waals surface area contributed by atoms with E-state index in [0.717, 1.165) is 5.56 Å². The van der Waals surface area contributed by atoms with Gasteiger partial charge in [-0.1, -0.05) is 12.1 Å². The summed E-state index contributed by atoms with van der Waals surface area (Å²) in [6.07, 6.45) is 2.80. The maximum Gasteiger partial charge on any atom is 0.242 e. The molecule has 0 radical (unpaired) electrons. The second-order valence-electron chi connectivity index (χ2n) is 5.07. The molecule has 2 rings (SSSR count). The summed E-state index contributed by atoms with van der Waals surface area (Å²) in [5.74, 6) is 0.233. The molecular formula is C16H21FIN5O2S. The number of aromatic nitrogens is 1. The molecule has 0 unspecified atom stereocenters. The lowest BCUT2D eigenvalue weighted by Gasteiger charge is -2.12. The van der Waals surface area contributed by atoms with Gasteiger partial charge in [0.2, 0.25) is 10.0 Å². The first-order chi connectivity index (χ1) is 12.0. The number of halogens is 2. The summed E-state index contributed by atoms with van der Waals surface area (Å²) in [6.45, 7) is 1.01. The Morgan fingerprint density at radius 1 is 1.15 bits per heavy atom. The van der Waals surface area contributed by atoms with Crippen LogP contribution in [0.1, 0.15) is 5.56 Å². The second kappa shape index (κ2) is 11.0. The van der Waals surface area contributed by atoms with Gasteiger partial charge in [-0.15, -0.1) is 24.0 Å². The molecule has 142 valence electrons. The molecule has 1 heterocycles. The standard InChI is InChI=1S/C16H20FN5O2S.HI/c1-18-16(21-11-13-4-6-14(17)7-5-13)20-9-10-22-25(23,24)15-3-2-8-19-12-15;/h2-8,12,22H,9-11H2,1H3,(H2,18,20,21);1H. The number of pyridine rings is 1. The molecule has 1 aromatic carbocycles. The van der Waals surface area contributed by atoms with Gasteiger partial charge in [0.05, 0.1) is 0 Å². The van der Waals surface area contributed by atoms with Gasteiger partial charge in [0.1, 0.15) is 10.7 Å². The predicted octanol–water partition coefficient (Wildman–Crippen LogP) is 1.48. The van der Waals surface area contributed by atoms with E-state index in [2.05, 4.69) is 25.3 Å². The summed E-state index contributed by atoms with van der Waals surface area (Å²) >= 11 is 0. The average Bonchev–Trinajstić information content (AvgIpc) is 2.63. The molecule has 1 aromatic heterocycles. The van der Waals surface area contributed by atoms with E-state index in [1.54, 1.807) is 25.2 Å². The second-order valence-corrected chi connectivity index (χ2v) is 6.83. The molecule has 0 saturated carbocycles. The first kappa shape index (κ1) is 22.3. The topological polar surface area (TPSA) is 95.5 Å². The summed E-state index contributed by atoms with van der Waals surface area (Å²) in [4.78, 5) is 7.96. The number of benzene rings is 1. The van der Waals surface area contributed by atoms with E-state index in [9.17, 15) is 12.8 Å². The predicted molar refractivity (Wildman–Crippen MR) is 109 cm³/mol. The number of rotatable bonds is 7. The lowest BCUT2D eigenvalue weighted by Crippen LogP contribution is -2.41. The van der Waals surface area contributed by atoms with Gasteiger partial charge in [-0.3, -0.25) is 9.98 Å². The molecule has 0 amide bonds. The Labute approximate surface area is 169 Å².